The summed E-state index contributed by atoms with van der Waals surface area (Å²) in [6, 6.07) is 0. The number of hydrogen-bond acceptors (Lipinski definition) is 5. The smallest absolute Gasteiger partial charge is 0.242 e. The minimum atomic E-state index is 0.223. The third-order valence-electron chi connectivity index (χ3n) is 4.06. The highest BCUT2D eigenvalue weighted by molar-refractivity contribution is 5.25. The van der Waals surface area contributed by atoms with Gasteiger partial charge in [-0.05, 0) is 38.6 Å². The molecule has 0 aromatic carbocycles. The van der Waals surface area contributed by atoms with Crippen molar-refractivity contribution < 1.29 is 0 Å². The summed E-state index contributed by atoms with van der Waals surface area (Å²) in [5, 5.41) is 11.5. The summed E-state index contributed by atoms with van der Waals surface area (Å²) in [5.41, 5.74) is 7.99. The highest BCUT2D eigenvalue weighted by Gasteiger charge is 2.30. The van der Waals surface area contributed by atoms with E-state index in [0.29, 0.717) is 5.95 Å². The molecule has 0 aliphatic heterocycles. The van der Waals surface area contributed by atoms with Crippen molar-refractivity contribution in [1.29, 1.82) is 0 Å². The van der Waals surface area contributed by atoms with Crippen molar-refractivity contribution in [1.82, 2.24) is 15.2 Å². The Balaban J connectivity index is 1.98. The lowest BCUT2D eigenvalue weighted by Gasteiger charge is -2.36. The van der Waals surface area contributed by atoms with E-state index in [4.69, 9.17) is 5.73 Å². The molecule has 0 amide bonds. The highest BCUT2D eigenvalue weighted by Crippen LogP contribution is 2.35. The molecule has 100 valence electrons. The highest BCUT2D eigenvalue weighted by atomic mass is 15.2. The molecule has 1 aromatic heterocycles. The zero-order chi connectivity index (χ0) is 13.0. The van der Waals surface area contributed by atoms with Gasteiger partial charge in [0.25, 0.3) is 0 Å². The molecule has 5 nitrogen and oxygen atoms in total. The minimum Gasteiger partial charge on any atom is -0.352 e. The summed E-state index contributed by atoms with van der Waals surface area (Å²) in [6.45, 7) is 5.46. The predicted molar refractivity (Wildman–Crippen MR) is 72.4 cm³/mol. The fourth-order valence-corrected chi connectivity index (χ4v) is 2.55. The maximum absolute atomic E-state index is 5.96. The van der Waals surface area contributed by atoms with Crippen LogP contribution in [0.5, 0.6) is 0 Å². The van der Waals surface area contributed by atoms with E-state index in [1.807, 2.05) is 13.8 Å². The first-order chi connectivity index (χ1) is 8.65. The van der Waals surface area contributed by atoms with Gasteiger partial charge in [-0.3, -0.25) is 0 Å². The van der Waals surface area contributed by atoms with E-state index in [0.717, 1.165) is 24.5 Å². The van der Waals surface area contributed by atoms with E-state index in [1.165, 1.54) is 32.1 Å². The summed E-state index contributed by atoms with van der Waals surface area (Å²) in [4.78, 5) is 4.40. The molecule has 0 spiro atoms. The van der Waals surface area contributed by atoms with Crippen LogP contribution in [-0.2, 0) is 0 Å². The Labute approximate surface area is 109 Å². The van der Waals surface area contributed by atoms with Gasteiger partial charge < -0.3 is 11.1 Å². The average molecular weight is 249 g/mol. The second kappa shape index (κ2) is 5.61. The fraction of sp³-hybridized carbons (Fsp3) is 0.769. The molecule has 18 heavy (non-hydrogen) atoms. The predicted octanol–water partition coefficient (Wildman–Crippen LogP) is 1.81. The number of rotatable bonds is 4. The Morgan fingerprint density at radius 3 is 2.44 bits per heavy atom. The van der Waals surface area contributed by atoms with Crippen LogP contribution in [0.3, 0.4) is 0 Å². The Morgan fingerprint density at radius 2 is 1.83 bits per heavy atom. The number of hydrogen-bond donors (Lipinski definition) is 2. The normalized spacial score (nSPS) is 18.6. The van der Waals surface area contributed by atoms with E-state index >= 15 is 0 Å². The molecule has 1 aliphatic carbocycles. The van der Waals surface area contributed by atoms with Crippen molar-refractivity contribution in [2.75, 3.05) is 18.4 Å². The Bertz CT molecular complexity index is 398. The first-order valence-corrected chi connectivity index (χ1v) is 6.77. The Hall–Kier alpha value is -1.23. The van der Waals surface area contributed by atoms with Crippen molar-refractivity contribution in [3.63, 3.8) is 0 Å². The number of aromatic nitrogens is 3. The first kappa shape index (κ1) is 13.2. The molecule has 0 atom stereocenters. The standard InChI is InChI=1S/C13H23N5/c1-10-11(2)17-18-12(16-10)15-9-13(8-14)6-4-3-5-7-13/h3-9,14H2,1-2H3,(H,15,16,18). The van der Waals surface area contributed by atoms with Gasteiger partial charge in [-0.1, -0.05) is 19.3 Å². The van der Waals surface area contributed by atoms with Crippen LogP contribution < -0.4 is 11.1 Å². The van der Waals surface area contributed by atoms with Crippen LogP contribution in [0.2, 0.25) is 0 Å². The van der Waals surface area contributed by atoms with Crippen LogP contribution >= 0.6 is 0 Å². The van der Waals surface area contributed by atoms with Gasteiger partial charge in [-0.25, -0.2) is 4.98 Å². The maximum atomic E-state index is 5.96. The van der Waals surface area contributed by atoms with Gasteiger partial charge in [-0.15, -0.1) is 5.10 Å². The van der Waals surface area contributed by atoms with Gasteiger partial charge in [-0.2, -0.15) is 5.10 Å². The van der Waals surface area contributed by atoms with Crippen LogP contribution in [0, 0.1) is 19.3 Å². The molecule has 0 radical (unpaired) electrons. The zero-order valence-corrected chi connectivity index (χ0v) is 11.4. The lowest BCUT2D eigenvalue weighted by molar-refractivity contribution is 0.215. The summed E-state index contributed by atoms with van der Waals surface area (Å²) >= 11 is 0. The number of nitrogens with zero attached hydrogens (tertiary/aromatic N) is 3. The van der Waals surface area contributed by atoms with E-state index in [2.05, 4.69) is 20.5 Å². The van der Waals surface area contributed by atoms with Crippen LogP contribution in [0.1, 0.15) is 43.5 Å². The Kier molecular flexibility index (Phi) is 4.11. The third kappa shape index (κ3) is 2.96. The molecule has 0 saturated heterocycles. The molecule has 1 aromatic rings. The zero-order valence-electron chi connectivity index (χ0n) is 11.4. The van der Waals surface area contributed by atoms with Gasteiger partial charge in [0, 0.05) is 6.54 Å². The topological polar surface area (TPSA) is 76.7 Å². The summed E-state index contributed by atoms with van der Waals surface area (Å²) in [7, 11) is 0. The van der Waals surface area contributed by atoms with Crippen LogP contribution in [-0.4, -0.2) is 28.3 Å². The van der Waals surface area contributed by atoms with Crippen molar-refractivity contribution in [2.45, 2.75) is 46.0 Å². The molecule has 5 heteroatoms. The number of nitrogens with one attached hydrogen (secondary N) is 1. The SMILES string of the molecule is Cc1nnc(NCC2(CN)CCCCC2)nc1C. The van der Waals surface area contributed by atoms with Crippen molar-refractivity contribution in [3.05, 3.63) is 11.4 Å². The summed E-state index contributed by atoms with van der Waals surface area (Å²) in [6.07, 6.45) is 6.31. The average Bonchev–Trinajstić information content (AvgIpc) is 2.41. The van der Waals surface area contributed by atoms with Gasteiger partial charge in [0.1, 0.15) is 0 Å². The number of aryl methyl sites for hydroxylation is 2. The van der Waals surface area contributed by atoms with Crippen molar-refractivity contribution in [3.8, 4) is 0 Å². The van der Waals surface area contributed by atoms with Gasteiger partial charge in [0.15, 0.2) is 0 Å². The van der Waals surface area contributed by atoms with Crippen molar-refractivity contribution >= 4 is 5.95 Å². The molecule has 1 aliphatic rings. The second-order valence-corrected chi connectivity index (χ2v) is 5.42. The molecular formula is C13H23N5. The van der Waals surface area contributed by atoms with Crippen LogP contribution in [0.25, 0.3) is 0 Å². The van der Waals surface area contributed by atoms with Crippen LogP contribution in [0.4, 0.5) is 5.95 Å². The molecule has 1 heterocycles. The molecule has 3 N–H and O–H groups in total. The quantitative estimate of drug-likeness (QED) is 0.851. The van der Waals surface area contributed by atoms with E-state index in [1.54, 1.807) is 0 Å². The molecular weight excluding hydrogens is 226 g/mol. The molecule has 1 fully saturated rings. The van der Waals surface area contributed by atoms with E-state index in [-0.39, 0.29) is 5.41 Å². The van der Waals surface area contributed by atoms with Gasteiger partial charge in [0.05, 0.1) is 11.4 Å². The summed E-state index contributed by atoms with van der Waals surface area (Å²) in [5.74, 6) is 0.622. The second-order valence-electron chi connectivity index (χ2n) is 5.42. The number of nitrogens with two attached hydrogens (primary N) is 1. The molecule has 0 unspecified atom stereocenters. The molecule has 1 saturated carbocycles. The number of anilines is 1. The maximum Gasteiger partial charge on any atom is 0.242 e. The monoisotopic (exact) mass is 249 g/mol. The first-order valence-electron chi connectivity index (χ1n) is 6.77. The van der Waals surface area contributed by atoms with Crippen LogP contribution in [0.15, 0.2) is 0 Å². The summed E-state index contributed by atoms with van der Waals surface area (Å²) < 4.78 is 0. The largest absolute Gasteiger partial charge is 0.352 e. The Morgan fingerprint density at radius 1 is 1.11 bits per heavy atom. The molecule has 0 bridgehead atoms. The lowest BCUT2D eigenvalue weighted by atomic mass is 9.74. The van der Waals surface area contributed by atoms with Gasteiger partial charge >= 0.3 is 0 Å². The fourth-order valence-electron chi connectivity index (χ4n) is 2.55. The van der Waals surface area contributed by atoms with Gasteiger partial charge in [0.2, 0.25) is 5.95 Å². The lowest BCUT2D eigenvalue weighted by Crippen LogP contribution is -2.39. The van der Waals surface area contributed by atoms with E-state index in [9.17, 15) is 0 Å². The van der Waals surface area contributed by atoms with Crippen molar-refractivity contribution in [2.24, 2.45) is 11.1 Å². The third-order valence-corrected chi connectivity index (χ3v) is 4.06. The minimum absolute atomic E-state index is 0.223. The van der Waals surface area contributed by atoms with E-state index < -0.39 is 0 Å². The molecule has 2 rings (SSSR count).